The average Bonchev–Trinajstić information content (AvgIpc) is 2.80. The summed E-state index contributed by atoms with van der Waals surface area (Å²) in [5, 5.41) is 9.59. The Labute approximate surface area is 179 Å². The molecule has 2 aromatic rings. The number of benzene rings is 2. The van der Waals surface area contributed by atoms with Gasteiger partial charge < -0.3 is 20.7 Å². The molecule has 1 amide bonds. The van der Waals surface area contributed by atoms with Gasteiger partial charge in [-0.3, -0.25) is 9.79 Å². The van der Waals surface area contributed by atoms with E-state index in [0.717, 1.165) is 32.0 Å². The molecule has 3 N–H and O–H groups in total. The van der Waals surface area contributed by atoms with E-state index < -0.39 is 0 Å². The van der Waals surface area contributed by atoms with Gasteiger partial charge in [-0.25, -0.2) is 0 Å². The fourth-order valence-electron chi connectivity index (χ4n) is 3.67. The fraction of sp³-hybridized carbons (Fsp3) is 0.417. The van der Waals surface area contributed by atoms with Gasteiger partial charge in [0.15, 0.2) is 5.96 Å². The van der Waals surface area contributed by atoms with Crippen molar-refractivity contribution in [2.75, 3.05) is 33.3 Å². The Balaban J connectivity index is 1.43. The predicted molar refractivity (Wildman–Crippen MR) is 121 cm³/mol. The van der Waals surface area contributed by atoms with Gasteiger partial charge in [0.2, 0.25) is 0 Å². The van der Waals surface area contributed by atoms with E-state index in [1.54, 1.807) is 19.2 Å². The van der Waals surface area contributed by atoms with Crippen molar-refractivity contribution in [2.24, 2.45) is 10.9 Å². The van der Waals surface area contributed by atoms with Crippen molar-refractivity contribution < 1.29 is 9.53 Å². The molecule has 0 radical (unpaired) electrons. The number of carbonyl (C=O) groups is 1. The molecule has 2 unspecified atom stereocenters. The van der Waals surface area contributed by atoms with E-state index in [1.807, 2.05) is 18.2 Å². The maximum atomic E-state index is 12.1. The lowest BCUT2D eigenvalue weighted by Gasteiger charge is -2.32. The molecule has 160 valence electrons. The molecule has 0 spiro atoms. The molecule has 30 heavy (non-hydrogen) atoms. The molecule has 0 saturated carbocycles. The number of aliphatic imine (C=N–C) groups is 1. The standard InChI is InChI=1S/C24H32N4O2/c1-18-10-12-19(13-11-18)22-21(9-6-16-30-22)17-28-24(25-2)27-15-14-26-23(29)20-7-4-3-5-8-20/h3-5,7-8,10-13,21-22H,6,9,14-17H2,1-2H3,(H,26,29)(H2,25,27,28). The second kappa shape index (κ2) is 11.4. The number of nitrogens with zero attached hydrogens (tertiary/aromatic N) is 1. The normalized spacial score (nSPS) is 19.2. The van der Waals surface area contributed by atoms with Crippen LogP contribution >= 0.6 is 0 Å². The molecular weight excluding hydrogens is 376 g/mol. The van der Waals surface area contributed by atoms with Crippen molar-refractivity contribution in [2.45, 2.75) is 25.9 Å². The van der Waals surface area contributed by atoms with Crippen molar-refractivity contribution in [3.63, 3.8) is 0 Å². The lowest BCUT2D eigenvalue weighted by Crippen LogP contribution is -2.44. The molecule has 1 fully saturated rings. The van der Waals surface area contributed by atoms with Crippen LogP contribution in [0.5, 0.6) is 0 Å². The molecule has 2 atom stereocenters. The van der Waals surface area contributed by atoms with Gasteiger partial charge in [0.05, 0.1) is 6.10 Å². The van der Waals surface area contributed by atoms with Crippen LogP contribution in [0.15, 0.2) is 59.6 Å². The summed E-state index contributed by atoms with van der Waals surface area (Å²) in [4.78, 5) is 16.4. The van der Waals surface area contributed by atoms with Gasteiger partial charge in [-0.05, 0) is 37.5 Å². The highest BCUT2D eigenvalue weighted by atomic mass is 16.5. The highest BCUT2D eigenvalue weighted by Crippen LogP contribution is 2.33. The molecule has 6 heteroatoms. The Morgan fingerprint density at radius 1 is 1.03 bits per heavy atom. The van der Waals surface area contributed by atoms with Crippen LogP contribution in [-0.4, -0.2) is 45.2 Å². The third-order valence-corrected chi connectivity index (χ3v) is 5.34. The van der Waals surface area contributed by atoms with Crippen molar-refractivity contribution in [3.05, 3.63) is 71.3 Å². The number of ether oxygens (including phenoxy) is 1. The van der Waals surface area contributed by atoms with Crippen LogP contribution in [-0.2, 0) is 4.74 Å². The molecule has 1 aliphatic rings. The monoisotopic (exact) mass is 408 g/mol. The van der Waals surface area contributed by atoms with Crippen molar-refractivity contribution in [1.29, 1.82) is 0 Å². The van der Waals surface area contributed by atoms with E-state index in [4.69, 9.17) is 4.74 Å². The summed E-state index contributed by atoms with van der Waals surface area (Å²) in [6.45, 7) is 4.81. The van der Waals surface area contributed by atoms with Gasteiger partial charge in [0.1, 0.15) is 0 Å². The van der Waals surface area contributed by atoms with E-state index in [1.165, 1.54) is 11.1 Å². The largest absolute Gasteiger partial charge is 0.373 e. The lowest BCUT2D eigenvalue weighted by atomic mass is 9.89. The summed E-state index contributed by atoms with van der Waals surface area (Å²) in [6, 6.07) is 17.8. The highest BCUT2D eigenvalue weighted by Gasteiger charge is 2.27. The van der Waals surface area contributed by atoms with Gasteiger partial charge in [0, 0.05) is 44.8 Å². The van der Waals surface area contributed by atoms with Crippen LogP contribution < -0.4 is 16.0 Å². The predicted octanol–water partition coefficient (Wildman–Crippen LogP) is 3.06. The van der Waals surface area contributed by atoms with Crippen LogP contribution in [0.1, 0.15) is 40.4 Å². The molecule has 6 nitrogen and oxygen atoms in total. The summed E-state index contributed by atoms with van der Waals surface area (Å²) in [5.41, 5.74) is 3.16. The van der Waals surface area contributed by atoms with E-state index >= 15 is 0 Å². The Morgan fingerprint density at radius 2 is 1.77 bits per heavy atom. The maximum Gasteiger partial charge on any atom is 0.251 e. The zero-order valence-electron chi connectivity index (χ0n) is 17.9. The number of hydrogen-bond acceptors (Lipinski definition) is 3. The van der Waals surface area contributed by atoms with Gasteiger partial charge in [0.25, 0.3) is 5.91 Å². The Kier molecular flexibility index (Phi) is 8.27. The van der Waals surface area contributed by atoms with Gasteiger partial charge in [-0.2, -0.15) is 0 Å². The summed E-state index contributed by atoms with van der Waals surface area (Å²) in [6.07, 6.45) is 2.30. The zero-order chi connectivity index (χ0) is 21.2. The molecule has 3 rings (SSSR count). The van der Waals surface area contributed by atoms with Gasteiger partial charge >= 0.3 is 0 Å². The number of aryl methyl sites for hydroxylation is 1. The number of carbonyl (C=O) groups excluding carboxylic acids is 1. The zero-order valence-corrected chi connectivity index (χ0v) is 17.9. The van der Waals surface area contributed by atoms with E-state index in [9.17, 15) is 4.79 Å². The molecule has 0 aliphatic carbocycles. The SMILES string of the molecule is CN=C(NCCNC(=O)c1ccccc1)NCC1CCCOC1c1ccc(C)cc1. The first-order valence-corrected chi connectivity index (χ1v) is 10.6. The topological polar surface area (TPSA) is 74.8 Å². The van der Waals surface area contributed by atoms with E-state index in [0.29, 0.717) is 24.6 Å². The summed E-state index contributed by atoms with van der Waals surface area (Å²) in [7, 11) is 1.76. The summed E-state index contributed by atoms with van der Waals surface area (Å²) < 4.78 is 6.10. The smallest absolute Gasteiger partial charge is 0.251 e. The first-order chi connectivity index (χ1) is 14.7. The summed E-state index contributed by atoms with van der Waals surface area (Å²) >= 11 is 0. The third-order valence-electron chi connectivity index (χ3n) is 5.34. The Morgan fingerprint density at radius 3 is 2.50 bits per heavy atom. The Bertz CT molecular complexity index is 821. The maximum absolute atomic E-state index is 12.1. The van der Waals surface area contributed by atoms with Crippen LogP contribution in [0.4, 0.5) is 0 Å². The lowest BCUT2D eigenvalue weighted by molar-refractivity contribution is -0.0265. The number of hydrogen-bond donors (Lipinski definition) is 3. The third kappa shape index (κ3) is 6.32. The van der Waals surface area contributed by atoms with E-state index in [-0.39, 0.29) is 12.0 Å². The first-order valence-electron chi connectivity index (χ1n) is 10.6. The fourth-order valence-corrected chi connectivity index (χ4v) is 3.67. The van der Waals surface area contributed by atoms with Crippen molar-refractivity contribution >= 4 is 11.9 Å². The number of nitrogens with one attached hydrogen (secondary N) is 3. The Hall–Kier alpha value is -2.86. The number of guanidine groups is 1. The number of amides is 1. The molecule has 0 bridgehead atoms. The second-order valence-corrected chi connectivity index (χ2v) is 7.61. The highest BCUT2D eigenvalue weighted by molar-refractivity contribution is 5.94. The molecular formula is C24H32N4O2. The summed E-state index contributed by atoms with van der Waals surface area (Å²) in [5.74, 6) is 1.05. The minimum absolute atomic E-state index is 0.0689. The van der Waals surface area contributed by atoms with Crippen LogP contribution in [0.2, 0.25) is 0 Å². The van der Waals surface area contributed by atoms with E-state index in [2.05, 4.69) is 52.1 Å². The molecule has 0 aromatic heterocycles. The minimum Gasteiger partial charge on any atom is -0.373 e. The van der Waals surface area contributed by atoms with Gasteiger partial charge in [-0.1, -0.05) is 48.0 Å². The molecule has 1 aliphatic heterocycles. The number of rotatable bonds is 7. The molecule has 1 saturated heterocycles. The minimum atomic E-state index is -0.0689. The second-order valence-electron chi connectivity index (χ2n) is 7.61. The molecule has 1 heterocycles. The first kappa shape index (κ1) is 21.8. The quantitative estimate of drug-likeness (QED) is 0.374. The van der Waals surface area contributed by atoms with Crippen molar-refractivity contribution in [1.82, 2.24) is 16.0 Å². The van der Waals surface area contributed by atoms with Crippen LogP contribution in [0.25, 0.3) is 0 Å². The van der Waals surface area contributed by atoms with Gasteiger partial charge in [-0.15, -0.1) is 0 Å². The van der Waals surface area contributed by atoms with Crippen molar-refractivity contribution in [3.8, 4) is 0 Å². The van der Waals surface area contributed by atoms with Crippen LogP contribution in [0.3, 0.4) is 0 Å². The van der Waals surface area contributed by atoms with Crippen LogP contribution in [0, 0.1) is 12.8 Å². The molecule has 2 aromatic carbocycles. The average molecular weight is 409 g/mol.